The average Bonchev–Trinajstić information content (AvgIpc) is 3.40. The fourth-order valence-corrected chi connectivity index (χ4v) is 5.69. The summed E-state index contributed by atoms with van der Waals surface area (Å²) in [7, 11) is 0. The lowest BCUT2D eigenvalue weighted by molar-refractivity contribution is -0.141. The molecule has 4 aromatic rings. The minimum absolute atomic E-state index is 0.0210. The molecule has 0 aliphatic heterocycles. The first-order valence-electron chi connectivity index (χ1n) is 13.5. The van der Waals surface area contributed by atoms with Gasteiger partial charge in [-0.2, -0.15) is 0 Å². The fraction of sp³-hybridized carbons (Fsp3) is 0.182. The van der Waals surface area contributed by atoms with Crippen molar-refractivity contribution in [2.45, 2.75) is 25.3 Å². The van der Waals surface area contributed by atoms with E-state index >= 15 is 0 Å². The third-order valence-electron chi connectivity index (χ3n) is 7.23. The highest BCUT2D eigenvalue weighted by atomic mass is 35.5. The van der Waals surface area contributed by atoms with Crippen LogP contribution in [0.5, 0.6) is 11.5 Å². The second-order valence-electron chi connectivity index (χ2n) is 10.0. The summed E-state index contributed by atoms with van der Waals surface area (Å²) in [4.78, 5) is 37.9. The molecule has 0 bridgehead atoms. The number of halogens is 2. The fourth-order valence-electron chi connectivity index (χ4n) is 5.07. The number of benzene rings is 4. The van der Waals surface area contributed by atoms with Gasteiger partial charge in [0.25, 0.3) is 0 Å². The molecule has 0 fully saturated rings. The Morgan fingerprint density at radius 1 is 0.905 bits per heavy atom. The molecule has 1 aliphatic rings. The van der Waals surface area contributed by atoms with Crippen LogP contribution < -0.4 is 15.4 Å². The van der Waals surface area contributed by atoms with Crippen LogP contribution in [-0.2, 0) is 11.2 Å². The lowest BCUT2D eigenvalue weighted by Gasteiger charge is -2.18. The number of aryl methyl sites for hydroxylation is 1. The van der Waals surface area contributed by atoms with E-state index in [1.54, 1.807) is 12.1 Å². The van der Waals surface area contributed by atoms with Crippen molar-refractivity contribution < 1.29 is 24.2 Å². The molecule has 5 rings (SSSR count). The van der Waals surface area contributed by atoms with Crippen LogP contribution in [0.4, 0.5) is 4.79 Å². The number of Topliss-reactive ketones (excluding diaryl/α,β-unsaturated/α-hetero) is 1. The smallest absolute Gasteiger partial charge is 0.315 e. The summed E-state index contributed by atoms with van der Waals surface area (Å²) in [5.41, 5.74) is 4.15. The Bertz CT molecular complexity index is 1630. The predicted molar refractivity (Wildman–Crippen MR) is 163 cm³/mol. The quantitative estimate of drug-likeness (QED) is 0.161. The second-order valence-corrected chi connectivity index (χ2v) is 10.8. The molecule has 7 nitrogen and oxygen atoms in total. The van der Waals surface area contributed by atoms with Gasteiger partial charge in [0.15, 0.2) is 5.78 Å². The largest absolute Gasteiger partial charge is 0.481 e. The molecule has 2 amide bonds. The molecule has 2 atom stereocenters. The zero-order valence-corrected chi connectivity index (χ0v) is 24.0. The standard InChI is InChI=1S/C33H28Cl2N2O5/c34-26-14-16-29(42-24-11-6-10-22(17-24)20-7-2-1-3-8-20)31(35)30(26)28(38)18-23(32(39)40)19-36-33(41)37-27-15-13-21-9-4-5-12-25(21)27/h1-12,14,16-17,23,27H,13,15,18-19H2,(H,39,40)(H2,36,37,41)/t23-,27+/m0/s1. The summed E-state index contributed by atoms with van der Waals surface area (Å²) in [5, 5.41) is 15.3. The SMILES string of the molecule is O=C(NC[C@H](CC(=O)c1c(Cl)ccc(Oc2cccc(-c3ccccc3)c2)c1Cl)C(=O)O)N[C@@H]1CCc2ccccc21. The van der Waals surface area contributed by atoms with E-state index in [4.69, 9.17) is 27.9 Å². The number of hydrogen-bond donors (Lipinski definition) is 3. The van der Waals surface area contributed by atoms with Crippen LogP contribution >= 0.6 is 23.2 Å². The first kappa shape index (κ1) is 29.2. The highest BCUT2D eigenvalue weighted by Gasteiger charge is 2.28. The molecule has 0 unspecified atom stereocenters. The molecule has 1 aliphatic carbocycles. The van der Waals surface area contributed by atoms with Gasteiger partial charge in [0, 0.05) is 13.0 Å². The molecule has 3 N–H and O–H groups in total. The summed E-state index contributed by atoms with van der Waals surface area (Å²) < 4.78 is 6.01. The molecule has 0 spiro atoms. The summed E-state index contributed by atoms with van der Waals surface area (Å²) in [5.74, 6) is -2.29. The summed E-state index contributed by atoms with van der Waals surface area (Å²) in [6, 6.07) is 27.5. The lowest BCUT2D eigenvalue weighted by Crippen LogP contribution is -2.41. The van der Waals surface area contributed by atoms with E-state index < -0.39 is 30.1 Å². The van der Waals surface area contributed by atoms with Crippen LogP contribution in [0.1, 0.15) is 40.4 Å². The maximum atomic E-state index is 13.3. The van der Waals surface area contributed by atoms with E-state index in [0.29, 0.717) is 5.75 Å². The van der Waals surface area contributed by atoms with Crippen LogP contribution in [0.15, 0.2) is 91.0 Å². The Hall–Kier alpha value is -4.33. The highest BCUT2D eigenvalue weighted by Crippen LogP contribution is 2.38. The van der Waals surface area contributed by atoms with Gasteiger partial charge >= 0.3 is 12.0 Å². The van der Waals surface area contributed by atoms with Crippen LogP contribution in [0.2, 0.25) is 10.0 Å². The van der Waals surface area contributed by atoms with Gasteiger partial charge in [0.1, 0.15) is 11.5 Å². The predicted octanol–water partition coefficient (Wildman–Crippen LogP) is 7.71. The normalized spacial score (nSPS) is 14.5. The van der Waals surface area contributed by atoms with Crippen LogP contribution in [0.3, 0.4) is 0 Å². The maximum absolute atomic E-state index is 13.3. The van der Waals surface area contributed by atoms with E-state index in [1.165, 1.54) is 11.6 Å². The van der Waals surface area contributed by atoms with E-state index in [0.717, 1.165) is 29.5 Å². The Morgan fingerprint density at radius 3 is 2.43 bits per heavy atom. The van der Waals surface area contributed by atoms with Crippen molar-refractivity contribution in [2.24, 2.45) is 5.92 Å². The highest BCUT2D eigenvalue weighted by molar-refractivity contribution is 6.40. The number of carbonyl (C=O) groups is 3. The van der Waals surface area contributed by atoms with Gasteiger partial charge < -0.3 is 20.5 Å². The molecular weight excluding hydrogens is 575 g/mol. The van der Waals surface area contributed by atoms with Gasteiger partial charge in [-0.25, -0.2) is 4.79 Å². The Kier molecular flexibility index (Phi) is 9.10. The molecule has 0 radical (unpaired) electrons. The number of rotatable bonds is 10. The van der Waals surface area contributed by atoms with Gasteiger partial charge in [-0.05, 0) is 59.4 Å². The Morgan fingerprint density at radius 2 is 1.64 bits per heavy atom. The van der Waals surface area contributed by atoms with Crippen molar-refractivity contribution in [3.63, 3.8) is 0 Å². The number of nitrogens with one attached hydrogen (secondary N) is 2. The van der Waals surface area contributed by atoms with Crippen molar-refractivity contribution in [1.82, 2.24) is 10.6 Å². The minimum atomic E-state index is -1.23. The maximum Gasteiger partial charge on any atom is 0.315 e. The Labute approximate surface area is 253 Å². The zero-order valence-electron chi connectivity index (χ0n) is 22.5. The average molecular weight is 604 g/mol. The lowest BCUT2D eigenvalue weighted by atomic mass is 9.97. The van der Waals surface area contributed by atoms with Crippen LogP contribution in [0, 0.1) is 5.92 Å². The number of hydrogen-bond acceptors (Lipinski definition) is 4. The molecular formula is C33H28Cl2N2O5. The van der Waals surface area contributed by atoms with E-state index in [9.17, 15) is 19.5 Å². The number of aliphatic carboxylic acids is 1. The number of amides is 2. The number of ether oxygens (including phenoxy) is 1. The molecule has 42 heavy (non-hydrogen) atoms. The third kappa shape index (κ3) is 6.75. The zero-order chi connectivity index (χ0) is 29.6. The molecule has 4 aromatic carbocycles. The Balaban J connectivity index is 1.25. The van der Waals surface area contributed by atoms with Crippen LogP contribution in [0.25, 0.3) is 11.1 Å². The van der Waals surface area contributed by atoms with E-state index in [1.807, 2.05) is 72.8 Å². The molecule has 9 heteroatoms. The van der Waals surface area contributed by atoms with Crippen molar-refractivity contribution in [1.29, 1.82) is 0 Å². The van der Waals surface area contributed by atoms with Crippen molar-refractivity contribution >= 4 is 41.0 Å². The molecule has 0 aromatic heterocycles. The van der Waals surface area contributed by atoms with Gasteiger partial charge in [-0.3, -0.25) is 9.59 Å². The van der Waals surface area contributed by atoms with Crippen molar-refractivity contribution in [3.05, 3.63) is 118 Å². The number of carboxylic acid groups (broad SMARTS) is 1. The van der Waals surface area contributed by atoms with Crippen molar-refractivity contribution in [3.8, 4) is 22.6 Å². The molecule has 214 valence electrons. The summed E-state index contributed by atoms with van der Waals surface area (Å²) >= 11 is 12.9. The number of carbonyl (C=O) groups excluding carboxylic acids is 2. The van der Waals surface area contributed by atoms with Gasteiger partial charge in [0.05, 0.1) is 27.6 Å². The number of ketones is 1. The number of carboxylic acids is 1. The summed E-state index contributed by atoms with van der Waals surface area (Å²) in [6.07, 6.45) is 1.20. The summed E-state index contributed by atoms with van der Waals surface area (Å²) in [6.45, 7) is -0.251. The monoisotopic (exact) mass is 602 g/mol. The molecule has 0 saturated carbocycles. The molecule has 0 heterocycles. The number of urea groups is 1. The minimum Gasteiger partial charge on any atom is -0.481 e. The topological polar surface area (TPSA) is 105 Å². The van der Waals surface area contributed by atoms with E-state index in [2.05, 4.69) is 10.6 Å². The van der Waals surface area contributed by atoms with E-state index in [-0.39, 0.29) is 33.9 Å². The van der Waals surface area contributed by atoms with Gasteiger partial charge in [-0.15, -0.1) is 0 Å². The third-order valence-corrected chi connectivity index (χ3v) is 7.92. The van der Waals surface area contributed by atoms with Crippen molar-refractivity contribution in [2.75, 3.05) is 6.54 Å². The first-order chi connectivity index (χ1) is 20.3. The number of fused-ring (bicyclic) bond motifs is 1. The van der Waals surface area contributed by atoms with Crippen LogP contribution in [-0.4, -0.2) is 29.4 Å². The molecule has 0 saturated heterocycles. The van der Waals surface area contributed by atoms with Gasteiger partial charge in [0.2, 0.25) is 0 Å². The first-order valence-corrected chi connectivity index (χ1v) is 14.2. The second kappa shape index (κ2) is 13.1. The van der Waals surface area contributed by atoms with Gasteiger partial charge in [-0.1, -0.05) is 89.9 Å².